The number of fused-ring (bicyclic) bond motifs is 1. The molecule has 3 rings (SSSR count). The number of carboxylic acids is 1. The Morgan fingerprint density at radius 3 is 2.83 bits per heavy atom. The molecule has 0 aliphatic heterocycles. The van der Waals surface area contributed by atoms with Crippen LogP contribution in [0.4, 0.5) is 0 Å². The van der Waals surface area contributed by atoms with Crippen LogP contribution in [0.15, 0.2) is 24.4 Å². The summed E-state index contributed by atoms with van der Waals surface area (Å²) in [6, 6.07) is 6.02. The Morgan fingerprint density at radius 2 is 2.22 bits per heavy atom. The van der Waals surface area contributed by atoms with Gasteiger partial charge in [-0.25, -0.2) is 0 Å². The molecular formula is C14H14ClNO2. The number of aromatic nitrogens is 1. The molecule has 0 amide bonds. The number of hydrogen-bond donors (Lipinski definition) is 1. The van der Waals surface area contributed by atoms with Crippen LogP contribution in [-0.2, 0) is 17.3 Å². The first kappa shape index (κ1) is 11.6. The van der Waals surface area contributed by atoms with Crippen LogP contribution in [0.1, 0.15) is 24.8 Å². The molecule has 0 saturated heterocycles. The average Bonchev–Trinajstić information content (AvgIpc) is 3.01. The number of carboxylic acid groups (broad SMARTS) is 1. The third-order valence-corrected chi connectivity index (χ3v) is 4.17. The van der Waals surface area contributed by atoms with Gasteiger partial charge in [0.15, 0.2) is 0 Å². The van der Waals surface area contributed by atoms with E-state index in [0.29, 0.717) is 5.02 Å². The molecule has 94 valence electrons. The zero-order valence-electron chi connectivity index (χ0n) is 10.1. The van der Waals surface area contributed by atoms with Crippen LogP contribution in [0.2, 0.25) is 5.02 Å². The quantitative estimate of drug-likeness (QED) is 0.923. The molecule has 1 fully saturated rings. The summed E-state index contributed by atoms with van der Waals surface area (Å²) in [7, 11) is 1.95. The SMILES string of the molecule is Cn1cc(Cl)c2c(C3(CC(=O)O)CC3)cccc21. The molecule has 2 aromatic rings. The molecule has 1 aromatic carbocycles. The Hall–Kier alpha value is -1.48. The molecular weight excluding hydrogens is 250 g/mol. The molecule has 3 nitrogen and oxygen atoms in total. The monoisotopic (exact) mass is 263 g/mol. The van der Waals surface area contributed by atoms with E-state index in [1.807, 2.05) is 36.0 Å². The van der Waals surface area contributed by atoms with Gasteiger partial charge in [0.05, 0.1) is 11.4 Å². The maximum atomic E-state index is 11.0. The predicted octanol–water partition coefficient (Wildman–Crippen LogP) is 3.34. The van der Waals surface area contributed by atoms with E-state index >= 15 is 0 Å². The van der Waals surface area contributed by atoms with Crippen LogP contribution < -0.4 is 0 Å². The fourth-order valence-corrected chi connectivity index (χ4v) is 3.16. The van der Waals surface area contributed by atoms with Gasteiger partial charge in [0, 0.05) is 29.6 Å². The molecule has 0 spiro atoms. The van der Waals surface area contributed by atoms with Gasteiger partial charge in [-0.15, -0.1) is 0 Å². The van der Waals surface area contributed by atoms with Crippen LogP contribution in [0.25, 0.3) is 10.9 Å². The summed E-state index contributed by atoms with van der Waals surface area (Å²) in [6.45, 7) is 0. The highest BCUT2D eigenvalue weighted by Gasteiger charge is 2.47. The maximum Gasteiger partial charge on any atom is 0.304 e. The van der Waals surface area contributed by atoms with E-state index in [1.165, 1.54) is 0 Å². The second kappa shape index (κ2) is 3.75. The van der Waals surface area contributed by atoms with E-state index in [-0.39, 0.29) is 11.8 Å². The van der Waals surface area contributed by atoms with Crippen molar-refractivity contribution in [3.8, 4) is 0 Å². The second-order valence-corrected chi connectivity index (χ2v) is 5.55. The van der Waals surface area contributed by atoms with Crippen molar-refractivity contribution in [2.45, 2.75) is 24.7 Å². The van der Waals surface area contributed by atoms with Crippen molar-refractivity contribution in [2.24, 2.45) is 7.05 Å². The minimum absolute atomic E-state index is 0.192. The summed E-state index contributed by atoms with van der Waals surface area (Å²) >= 11 is 6.29. The standard InChI is InChI=1S/C14H14ClNO2/c1-16-8-10(15)13-9(3-2-4-11(13)16)14(5-6-14)7-12(17)18/h2-4,8H,5-7H2,1H3,(H,17,18). The topological polar surface area (TPSA) is 42.2 Å². The summed E-state index contributed by atoms with van der Waals surface area (Å²) in [5.74, 6) is -0.739. The number of hydrogen-bond acceptors (Lipinski definition) is 1. The highest BCUT2D eigenvalue weighted by atomic mass is 35.5. The summed E-state index contributed by atoms with van der Waals surface area (Å²) in [5.41, 5.74) is 1.96. The number of rotatable bonds is 3. The molecule has 0 bridgehead atoms. The highest BCUT2D eigenvalue weighted by Crippen LogP contribution is 2.53. The average molecular weight is 264 g/mol. The first-order valence-electron chi connectivity index (χ1n) is 5.99. The number of nitrogens with zero attached hydrogens (tertiary/aromatic N) is 1. The molecule has 0 atom stereocenters. The Labute approximate surface area is 110 Å². The van der Waals surface area contributed by atoms with Gasteiger partial charge in [0.1, 0.15) is 0 Å². The number of benzene rings is 1. The Morgan fingerprint density at radius 1 is 1.50 bits per heavy atom. The lowest BCUT2D eigenvalue weighted by atomic mass is 9.90. The third kappa shape index (κ3) is 1.62. The van der Waals surface area contributed by atoms with Gasteiger partial charge in [-0.2, -0.15) is 0 Å². The molecule has 0 radical (unpaired) electrons. The molecule has 1 N–H and O–H groups in total. The fraction of sp³-hybridized carbons (Fsp3) is 0.357. The predicted molar refractivity (Wildman–Crippen MR) is 71.1 cm³/mol. The molecule has 18 heavy (non-hydrogen) atoms. The van der Waals surface area contributed by atoms with E-state index in [9.17, 15) is 4.79 Å². The van der Waals surface area contributed by atoms with Crippen molar-refractivity contribution in [1.29, 1.82) is 0 Å². The van der Waals surface area contributed by atoms with Crippen LogP contribution >= 0.6 is 11.6 Å². The van der Waals surface area contributed by atoms with Crippen LogP contribution in [0.5, 0.6) is 0 Å². The normalized spacial score (nSPS) is 17.0. The van der Waals surface area contributed by atoms with E-state index in [2.05, 4.69) is 0 Å². The second-order valence-electron chi connectivity index (χ2n) is 5.14. The Bertz CT molecular complexity index is 641. The van der Waals surface area contributed by atoms with Gasteiger partial charge >= 0.3 is 5.97 Å². The molecule has 1 saturated carbocycles. The Kier molecular flexibility index (Phi) is 2.42. The first-order chi connectivity index (χ1) is 8.53. The summed E-state index contributed by atoms with van der Waals surface area (Å²) in [6.07, 6.45) is 3.94. The molecule has 1 aliphatic rings. The molecule has 1 aliphatic carbocycles. The Balaban J connectivity index is 2.21. The number of carbonyl (C=O) groups is 1. The van der Waals surface area contributed by atoms with E-state index in [1.54, 1.807) is 0 Å². The van der Waals surface area contributed by atoms with Crippen LogP contribution in [-0.4, -0.2) is 15.6 Å². The summed E-state index contributed by atoms with van der Waals surface area (Å²) in [4.78, 5) is 11.0. The van der Waals surface area contributed by atoms with Gasteiger partial charge in [0.2, 0.25) is 0 Å². The van der Waals surface area contributed by atoms with Gasteiger partial charge < -0.3 is 9.67 Å². The molecule has 1 heterocycles. The van der Waals surface area contributed by atoms with Crippen LogP contribution in [0, 0.1) is 0 Å². The maximum absolute atomic E-state index is 11.0. The minimum Gasteiger partial charge on any atom is -0.481 e. The van der Waals surface area contributed by atoms with Crippen molar-refractivity contribution in [1.82, 2.24) is 4.57 Å². The smallest absolute Gasteiger partial charge is 0.304 e. The summed E-state index contributed by atoms with van der Waals surface area (Å²) < 4.78 is 1.98. The van der Waals surface area contributed by atoms with Gasteiger partial charge in [-0.05, 0) is 24.5 Å². The van der Waals surface area contributed by atoms with E-state index < -0.39 is 5.97 Å². The van der Waals surface area contributed by atoms with Gasteiger partial charge in [-0.3, -0.25) is 4.79 Å². The largest absolute Gasteiger partial charge is 0.481 e. The lowest BCUT2D eigenvalue weighted by Crippen LogP contribution is -2.13. The minimum atomic E-state index is -0.739. The lowest BCUT2D eigenvalue weighted by Gasteiger charge is -2.15. The molecule has 0 unspecified atom stereocenters. The fourth-order valence-electron chi connectivity index (χ4n) is 2.81. The van der Waals surface area contributed by atoms with Crippen molar-refractivity contribution < 1.29 is 9.90 Å². The van der Waals surface area contributed by atoms with Crippen molar-refractivity contribution in [2.75, 3.05) is 0 Å². The highest BCUT2D eigenvalue weighted by molar-refractivity contribution is 6.36. The number of aryl methyl sites for hydroxylation is 1. The van der Waals surface area contributed by atoms with Gasteiger partial charge in [-0.1, -0.05) is 23.7 Å². The molecule has 1 aromatic heterocycles. The van der Waals surface area contributed by atoms with Crippen molar-refractivity contribution in [3.63, 3.8) is 0 Å². The zero-order valence-corrected chi connectivity index (χ0v) is 10.9. The number of halogens is 1. The summed E-state index contributed by atoms with van der Waals surface area (Å²) in [5, 5.41) is 10.8. The first-order valence-corrected chi connectivity index (χ1v) is 6.37. The lowest BCUT2D eigenvalue weighted by molar-refractivity contribution is -0.137. The van der Waals surface area contributed by atoms with E-state index in [0.717, 1.165) is 29.3 Å². The van der Waals surface area contributed by atoms with Crippen LogP contribution in [0.3, 0.4) is 0 Å². The van der Waals surface area contributed by atoms with Crippen molar-refractivity contribution >= 4 is 28.5 Å². The molecule has 4 heteroatoms. The van der Waals surface area contributed by atoms with Gasteiger partial charge in [0.25, 0.3) is 0 Å². The van der Waals surface area contributed by atoms with Crippen molar-refractivity contribution in [3.05, 3.63) is 35.0 Å². The third-order valence-electron chi connectivity index (χ3n) is 3.88. The number of aliphatic carboxylic acids is 1. The zero-order chi connectivity index (χ0) is 12.9. The van der Waals surface area contributed by atoms with E-state index in [4.69, 9.17) is 16.7 Å².